The molecule has 1 aliphatic rings. The molecule has 0 aromatic heterocycles. The van der Waals surface area contributed by atoms with Crippen LogP contribution < -0.4 is 14.8 Å². The van der Waals surface area contributed by atoms with Crippen molar-refractivity contribution in [1.82, 2.24) is 0 Å². The number of nitrogens with one attached hydrogen (secondary N) is 1. The van der Waals surface area contributed by atoms with E-state index in [0.29, 0.717) is 5.69 Å². The van der Waals surface area contributed by atoms with Crippen molar-refractivity contribution < 1.29 is 19.4 Å². The molecule has 0 aliphatic carbocycles. The second-order valence-corrected chi connectivity index (χ2v) is 8.12. The number of fused-ring (bicyclic) bond motifs is 1. The molecule has 0 saturated carbocycles. The van der Waals surface area contributed by atoms with Gasteiger partial charge < -0.3 is 19.9 Å². The number of aromatic hydroxyl groups is 1. The lowest BCUT2D eigenvalue weighted by Crippen LogP contribution is -2.27. The number of anilines is 1. The molecule has 5 nitrogen and oxygen atoms in total. The minimum atomic E-state index is -0.407. The van der Waals surface area contributed by atoms with Gasteiger partial charge in [0.2, 0.25) is 5.91 Å². The first kappa shape index (κ1) is 21.2. The number of methoxy groups -OCH3 is 1. The third-order valence-electron chi connectivity index (χ3n) is 5.13. The maximum atomic E-state index is 12.4. The number of ether oxygens (including phenoxy) is 2. The van der Waals surface area contributed by atoms with Crippen molar-refractivity contribution in [3.8, 4) is 28.4 Å². The van der Waals surface area contributed by atoms with Crippen molar-refractivity contribution in [3.05, 3.63) is 83.9 Å². The van der Waals surface area contributed by atoms with Gasteiger partial charge in [0, 0.05) is 22.9 Å². The van der Waals surface area contributed by atoms with Gasteiger partial charge in [-0.05, 0) is 85.7 Å². The van der Waals surface area contributed by atoms with E-state index in [1.807, 2.05) is 56.3 Å². The van der Waals surface area contributed by atoms with Gasteiger partial charge in [0.25, 0.3) is 0 Å². The molecule has 0 radical (unpaired) electrons. The van der Waals surface area contributed by atoms with Crippen LogP contribution in [0.2, 0.25) is 0 Å². The highest BCUT2D eigenvalue weighted by Crippen LogP contribution is 2.41. The fourth-order valence-corrected chi connectivity index (χ4v) is 3.48. The molecular weight excluding hydrogens is 402 g/mol. The van der Waals surface area contributed by atoms with Gasteiger partial charge in [0.05, 0.1) is 7.11 Å². The number of amides is 1. The molecule has 32 heavy (non-hydrogen) atoms. The monoisotopic (exact) mass is 427 g/mol. The lowest BCUT2D eigenvalue weighted by molar-refractivity contribution is -0.111. The van der Waals surface area contributed by atoms with Crippen LogP contribution in [0.15, 0.2) is 72.8 Å². The number of hydrogen-bond donors (Lipinski definition) is 2. The summed E-state index contributed by atoms with van der Waals surface area (Å²) in [6.07, 6.45) is 7.35. The zero-order valence-corrected chi connectivity index (χ0v) is 18.3. The van der Waals surface area contributed by atoms with E-state index in [0.717, 1.165) is 33.8 Å². The zero-order chi connectivity index (χ0) is 22.7. The lowest BCUT2D eigenvalue weighted by atomic mass is 9.94. The molecule has 1 aliphatic heterocycles. The van der Waals surface area contributed by atoms with Crippen molar-refractivity contribution in [2.45, 2.75) is 19.4 Å². The number of hydrogen-bond acceptors (Lipinski definition) is 4. The van der Waals surface area contributed by atoms with Gasteiger partial charge >= 0.3 is 0 Å². The maximum Gasteiger partial charge on any atom is 0.248 e. The second-order valence-electron chi connectivity index (χ2n) is 8.12. The van der Waals surface area contributed by atoms with Gasteiger partial charge in [-0.25, -0.2) is 0 Å². The molecule has 5 heteroatoms. The van der Waals surface area contributed by atoms with Gasteiger partial charge in [-0.3, -0.25) is 4.79 Å². The fraction of sp³-hybridized carbons (Fsp3) is 0.148. The predicted molar refractivity (Wildman–Crippen MR) is 128 cm³/mol. The van der Waals surface area contributed by atoms with Crippen molar-refractivity contribution in [2.75, 3.05) is 12.4 Å². The highest BCUT2D eigenvalue weighted by molar-refractivity contribution is 6.02. The first-order valence-corrected chi connectivity index (χ1v) is 10.3. The van der Waals surface area contributed by atoms with Crippen molar-refractivity contribution in [3.63, 3.8) is 0 Å². The van der Waals surface area contributed by atoms with E-state index in [1.54, 1.807) is 25.3 Å². The van der Waals surface area contributed by atoms with Crippen LogP contribution in [0.1, 0.15) is 25.0 Å². The topological polar surface area (TPSA) is 67.8 Å². The Kier molecular flexibility index (Phi) is 5.73. The van der Waals surface area contributed by atoms with E-state index in [9.17, 15) is 9.90 Å². The molecule has 0 unspecified atom stereocenters. The summed E-state index contributed by atoms with van der Waals surface area (Å²) in [6, 6.07) is 18.2. The molecule has 0 atom stereocenters. The third-order valence-corrected chi connectivity index (χ3v) is 5.13. The van der Waals surface area contributed by atoms with Gasteiger partial charge in [-0.15, -0.1) is 0 Å². The van der Waals surface area contributed by atoms with Crippen LogP contribution in [-0.2, 0) is 4.79 Å². The smallest absolute Gasteiger partial charge is 0.248 e. The molecule has 3 aromatic carbocycles. The Morgan fingerprint density at radius 3 is 2.47 bits per heavy atom. The summed E-state index contributed by atoms with van der Waals surface area (Å²) in [7, 11) is 1.64. The number of carbonyl (C=O) groups is 1. The van der Waals surface area contributed by atoms with E-state index < -0.39 is 5.60 Å². The fourth-order valence-electron chi connectivity index (χ4n) is 3.48. The van der Waals surface area contributed by atoms with E-state index in [-0.39, 0.29) is 11.7 Å². The number of benzene rings is 3. The molecule has 0 spiro atoms. The number of rotatable bonds is 5. The molecule has 0 bridgehead atoms. The Bertz CT molecular complexity index is 1190. The summed E-state index contributed by atoms with van der Waals surface area (Å²) >= 11 is 0. The van der Waals surface area contributed by atoms with Crippen LogP contribution in [0.25, 0.3) is 23.3 Å². The summed E-state index contributed by atoms with van der Waals surface area (Å²) in [5.41, 5.74) is 3.98. The predicted octanol–water partition coefficient (Wildman–Crippen LogP) is 5.90. The van der Waals surface area contributed by atoms with Crippen LogP contribution >= 0.6 is 0 Å². The van der Waals surface area contributed by atoms with Gasteiger partial charge in [0.15, 0.2) is 0 Å². The third kappa shape index (κ3) is 4.83. The minimum Gasteiger partial charge on any atom is -0.508 e. The molecule has 0 saturated heterocycles. The maximum absolute atomic E-state index is 12.4. The standard InChI is InChI=1S/C27H25NO4/c1-27(2)15-14-20-16-18(4-13-25(30)28-21-7-9-22(29)10-8-21)17-24(26(20)32-27)19-5-11-23(31-3)12-6-19/h4-17,29H,1-3H3,(H,28,30)/b13-4+. The van der Waals surface area contributed by atoms with E-state index >= 15 is 0 Å². The molecule has 1 heterocycles. The average molecular weight is 428 g/mol. The Morgan fingerprint density at radius 2 is 1.78 bits per heavy atom. The Balaban J connectivity index is 1.66. The summed E-state index contributed by atoms with van der Waals surface area (Å²) < 4.78 is 11.6. The summed E-state index contributed by atoms with van der Waals surface area (Å²) in [5, 5.41) is 12.2. The van der Waals surface area contributed by atoms with Crippen LogP contribution in [0.5, 0.6) is 17.2 Å². The van der Waals surface area contributed by atoms with Gasteiger partial charge in [0.1, 0.15) is 22.8 Å². The van der Waals surface area contributed by atoms with E-state index in [1.165, 1.54) is 18.2 Å². The first-order valence-electron chi connectivity index (χ1n) is 10.3. The molecule has 1 amide bonds. The molecule has 3 aromatic rings. The second kappa shape index (κ2) is 8.63. The van der Waals surface area contributed by atoms with Crippen LogP contribution in [0.3, 0.4) is 0 Å². The van der Waals surface area contributed by atoms with Crippen LogP contribution in [0.4, 0.5) is 5.69 Å². The van der Waals surface area contributed by atoms with Crippen LogP contribution in [0, 0.1) is 0 Å². The van der Waals surface area contributed by atoms with Gasteiger partial charge in [-0.2, -0.15) is 0 Å². The van der Waals surface area contributed by atoms with E-state index in [4.69, 9.17) is 9.47 Å². The SMILES string of the molecule is COc1ccc(-c2cc(/C=C/C(=O)Nc3ccc(O)cc3)cc3c2OC(C)(C)C=C3)cc1. The highest BCUT2D eigenvalue weighted by Gasteiger charge is 2.25. The quantitative estimate of drug-likeness (QED) is 0.393. The minimum absolute atomic E-state index is 0.150. The van der Waals surface area contributed by atoms with Crippen LogP contribution in [-0.4, -0.2) is 23.7 Å². The molecule has 4 rings (SSSR count). The lowest BCUT2D eigenvalue weighted by Gasteiger charge is -2.30. The van der Waals surface area contributed by atoms with E-state index in [2.05, 4.69) is 11.4 Å². The summed E-state index contributed by atoms with van der Waals surface area (Å²) in [5.74, 6) is 1.49. The number of carbonyl (C=O) groups excluding carboxylic acids is 1. The molecular formula is C27H25NO4. The normalized spacial score (nSPS) is 14.0. The Morgan fingerprint density at radius 1 is 1.06 bits per heavy atom. The highest BCUT2D eigenvalue weighted by atomic mass is 16.5. The molecule has 162 valence electrons. The molecule has 2 N–H and O–H groups in total. The average Bonchev–Trinajstić information content (AvgIpc) is 2.78. The summed E-state index contributed by atoms with van der Waals surface area (Å²) in [4.78, 5) is 12.4. The Labute approximate surface area is 187 Å². The van der Waals surface area contributed by atoms with Gasteiger partial charge in [-0.1, -0.05) is 18.2 Å². The first-order chi connectivity index (χ1) is 15.3. The zero-order valence-electron chi connectivity index (χ0n) is 18.3. The Hall–Kier alpha value is -3.99. The number of phenols is 1. The van der Waals surface area contributed by atoms with Crippen molar-refractivity contribution >= 4 is 23.7 Å². The largest absolute Gasteiger partial charge is 0.508 e. The van der Waals surface area contributed by atoms with Crippen molar-refractivity contribution in [1.29, 1.82) is 0 Å². The molecule has 0 fully saturated rings. The van der Waals surface area contributed by atoms with Crippen molar-refractivity contribution in [2.24, 2.45) is 0 Å². The summed E-state index contributed by atoms with van der Waals surface area (Å²) in [6.45, 7) is 4.04. The number of phenolic OH excluding ortho intramolecular Hbond substituents is 1.